The van der Waals surface area contributed by atoms with Crippen LogP contribution in [0.3, 0.4) is 0 Å². The number of carbonyl (C=O) groups excluding carboxylic acids is 2. The van der Waals surface area contributed by atoms with Crippen molar-refractivity contribution in [3.8, 4) is 12.3 Å². The molecule has 2 saturated heterocycles. The summed E-state index contributed by atoms with van der Waals surface area (Å²) in [4.78, 5) is 30.3. The first-order valence-electron chi connectivity index (χ1n) is 7.00. The molecule has 3 aliphatic rings. The number of alkyl halides is 1. The van der Waals surface area contributed by atoms with Gasteiger partial charge in [0.2, 0.25) is 5.96 Å². The molecule has 1 unspecified atom stereocenters. The third-order valence-electron chi connectivity index (χ3n) is 3.96. The summed E-state index contributed by atoms with van der Waals surface area (Å²) in [5.74, 6) is 0.846. The Kier molecular flexibility index (Phi) is 3.96. The Morgan fingerprint density at radius 1 is 1.50 bits per heavy atom. The zero-order chi connectivity index (χ0) is 17.6. The number of amides is 3. The van der Waals surface area contributed by atoms with Gasteiger partial charge < -0.3 is 14.9 Å². The second-order valence-corrected chi connectivity index (χ2v) is 5.38. The van der Waals surface area contributed by atoms with E-state index in [1.54, 1.807) is 0 Å². The van der Waals surface area contributed by atoms with Crippen LogP contribution in [0.25, 0.3) is 0 Å². The molecule has 0 bridgehead atoms. The Morgan fingerprint density at radius 3 is 2.79 bits per heavy atom. The first-order valence-corrected chi connectivity index (χ1v) is 7.00. The van der Waals surface area contributed by atoms with Gasteiger partial charge in [-0.3, -0.25) is 20.4 Å². The molecule has 10 nitrogen and oxygen atoms in total. The van der Waals surface area contributed by atoms with E-state index in [4.69, 9.17) is 21.7 Å². The zero-order valence-corrected chi connectivity index (χ0v) is 12.2. The van der Waals surface area contributed by atoms with Crippen molar-refractivity contribution in [1.29, 1.82) is 5.41 Å². The molecular formula is C13H14FN5O5. The van der Waals surface area contributed by atoms with Gasteiger partial charge in [-0.2, -0.15) is 4.99 Å². The van der Waals surface area contributed by atoms with Gasteiger partial charge in [0, 0.05) is 0 Å². The highest BCUT2D eigenvalue weighted by atomic mass is 19.1. The molecule has 3 amide bonds. The number of amidine groups is 1. The number of hydrogen-bond acceptors (Lipinski definition) is 6. The summed E-state index contributed by atoms with van der Waals surface area (Å²) < 4.78 is 19.2. The highest BCUT2D eigenvalue weighted by Crippen LogP contribution is 2.32. The van der Waals surface area contributed by atoms with E-state index < -0.39 is 55.2 Å². The fourth-order valence-electron chi connectivity index (χ4n) is 2.88. The minimum Gasteiger partial charge on any atom is -0.394 e. The van der Waals surface area contributed by atoms with Crippen LogP contribution in [0.2, 0.25) is 0 Å². The zero-order valence-electron chi connectivity index (χ0n) is 12.2. The van der Waals surface area contributed by atoms with Crippen molar-refractivity contribution >= 4 is 23.7 Å². The SMILES string of the molecule is C#CCN1C(=O)N([C@@H]2O[C@H](CO)[C@@H](F)[C@H]2O)C2=NC(=N)NC(=O)C21. The fourth-order valence-corrected chi connectivity index (χ4v) is 2.88. The van der Waals surface area contributed by atoms with Crippen LogP contribution in [0.1, 0.15) is 0 Å². The minimum absolute atomic E-state index is 0.182. The maximum atomic E-state index is 14.0. The number of fused-ring (bicyclic) bond motifs is 1. The summed E-state index contributed by atoms with van der Waals surface area (Å²) in [7, 11) is 0. The molecule has 0 aliphatic carbocycles. The lowest BCUT2D eigenvalue weighted by Crippen LogP contribution is -2.54. The first-order chi connectivity index (χ1) is 11.4. The molecule has 0 saturated carbocycles. The van der Waals surface area contributed by atoms with Gasteiger partial charge in [-0.1, -0.05) is 5.92 Å². The number of carbonyl (C=O) groups is 2. The molecular weight excluding hydrogens is 325 g/mol. The van der Waals surface area contributed by atoms with E-state index in [0.29, 0.717) is 0 Å². The minimum atomic E-state index is -1.93. The predicted octanol–water partition coefficient (Wildman–Crippen LogP) is -2.39. The molecule has 24 heavy (non-hydrogen) atoms. The van der Waals surface area contributed by atoms with Gasteiger partial charge in [-0.15, -0.1) is 6.42 Å². The van der Waals surface area contributed by atoms with Gasteiger partial charge in [0.15, 0.2) is 24.3 Å². The van der Waals surface area contributed by atoms with Gasteiger partial charge >= 0.3 is 6.03 Å². The van der Waals surface area contributed by atoms with E-state index >= 15 is 0 Å². The Bertz CT molecular complexity index is 676. The predicted molar refractivity (Wildman–Crippen MR) is 76.5 cm³/mol. The second-order valence-electron chi connectivity index (χ2n) is 5.38. The van der Waals surface area contributed by atoms with Gasteiger partial charge in [0.1, 0.15) is 12.2 Å². The number of nitrogens with one attached hydrogen (secondary N) is 2. The number of halogens is 1. The van der Waals surface area contributed by atoms with Crippen LogP contribution in [-0.2, 0) is 9.53 Å². The number of aliphatic hydroxyl groups excluding tert-OH is 2. The van der Waals surface area contributed by atoms with Gasteiger partial charge in [-0.05, 0) is 0 Å². The number of urea groups is 1. The van der Waals surface area contributed by atoms with Gasteiger partial charge in [0.25, 0.3) is 5.91 Å². The van der Waals surface area contributed by atoms with Crippen molar-refractivity contribution in [2.24, 2.45) is 4.99 Å². The van der Waals surface area contributed by atoms with Crippen LogP contribution in [0.15, 0.2) is 4.99 Å². The van der Waals surface area contributed by atoms with E-state index in [0.717, 1.165) is 9.80 Å². The standard InChI is InChI=1S/C13H14FN5O5/c1-2-3-18-7-9(16-12(15)17-10(7)22)19(13(18)23)11-8(21)6(14)5(4-20)24-11/h1,5-8,11,20-21H,3-4H2,(H2,15,17,22)/t5-,6-,7?,8-,11-/m1/s1. The van der Waals surface area contributed by atoms with Crippen LogP contribution in [0, 0.1) is 17.8 Å². The van der Waals surface area contributed by atoms with E-state index in [-0.39, 0.29) is 12.4 Å². The lowest BCUT2D eigenvalue weighted by molar-refractivity contribution is -0.121. The molecule has 0 aromatic rings. The van der Waals surface area contributed by atoms with Crippen molar-refractivity contribution in [3.05, 3.63) is 0 Å². The van der Waals surface area contributed by atoms with Crippen LogP contribution in [-0.4, -0.2) is 87.5 Å². The quantitative estimate of drug-likeness (QED) is 0.425. The number of rotatable bonds is 3. The Hall–Kier alpha value is -2.55. The highest BCUT2D eigenvalue weighted by Gasteiger charge is 2.57. The Labute approximate surface area is 135 Å². The summed E-state index contributed by atoms with van der Waals surface area (Å²) in [5.41, 5.74) is 0. The number of aliphatic hydroxyl groups is 2. The summed E-state index contributed by atoms with van der Waals surface area (Å²) >= 11 is 0. The van der Waals surface area contributed by atoms with Crippen LogP contribution >= 0.6 is 0 Å². The molecule has 0 radical (unpaired) electrons. The molecule has 11 heteroatoms. The van der Waals surface area contributed by atoms with Crippen molar-refractivity contribution in [1.82, 2.24) is 15.1 Å². The maximum absolute atomic E-state index is 14.0. The number of hydrogen-bond donors (Lipinski definition) is 4. The number of ether oxygens (including phenoxy) is 1. The molecule has 5 atom stereocenters. The van der Waals surface area contributed by atoms with Gasteiger partial charge in [-0.25, -0.2) is 14.1 Å². The molecule has 0 aromatic carbocycles. The molecule has 3 rings (SSSR count). The van der Waals surface area contributed by atoms with Crippen molar-refractivity contribution in [3.63, 3.8) is 0 Å². The molecule has 2 fully saturated rings. The summed E-state index contributed by atoms with van der Waals surface area (Å²) in [6.45, 7) is -0.928. The van der Waals surface area contributed by atoms with E-state index in [1.807, 2.05) is 0 Å². The molecule has 3 heterocycles. The fraction of sp³-hybridized carbons (Fsp3) is 0.538. The molecule has 3 aliphatic heterocycles. The average Bonchev–Trinajstić information content (AvgIpc) is 2.96. The lowest BCUT2D eigenvalue weighted by atomic mass is 10.1. The first kappa shape index (κ1) is 16.3. The third-order valence-corrected chi connectivity index (χ3v) is 3.96. The molecule has 0 aromatic heterocycles. The largest absolute Gasteiger partial charge is 0.394 e. The van der Waals surface area contributed by atoms with E-state index in [2.05, 4.69) is 16.2 Å². The maximum Gasteiger partial charge on any atom is 0.329 e. The number of nitrogens with zero attached hydrogens (tertiary/aromatic N) is 3. The van der Waals surface area contributed by atoms with Crippen LogP contribution < -0.4 is 5.32 Å². The summed E-state index contributed by atoms with van der Waals surface area (Å²) in [5, 5.41) is 28.7. The molecule has 128 valence electrons. The van der Waals surface area contributed by atoms with E-state index in [1.165, 1.54) is 0 Å². The lowest BCUT2D eigenvalue weighted by Gasteiger charge is -2.26. The monoisotopic (exact) mass is 339 g/mol. The van der Waals surface area contributed by atoms with Crippen LogP contribution in [0.5, 0.6) is 0 Å². The van der Waals surface area contributed by atoms with Crippen molar-refractivity contribution in [2.75, 3.05) is 13.2 Å². The summed E-state index contributed by atoms with van der Waals surface area (Å²) in [6, 6.07) is -2.01. The normalized spacial score (nSPS) is 35.7. The highest BCUT2D eigenvalue weighted by molar-refractivity contribution is 6.25. The van der Waals surface area contributed by atoms with Crippen molar-refractivity contribution in [2.45, 2.75) is 30.6 Å². The number of guanidine groups is 1. The smallest absolute Gasteiger partial charge is 0.329 e. The molecule has 0 spiro atoms. The number of aliphatic imine (C=N–C) groups is 1. The Morgan fingerprint density at radius 2 is 2.21 bits per heavy atom. The molecule has 4 N–H and O–H groups in total. The van der Waals surface area contributed by atoms with Crippen molar-refractivity contribution < 1.29 is 28.9 Å². The van der Waals surface area contributed by atoms with Crippen LogP contribution in [0.4, 0.5) is 9.18 Å². The summed E-state index contributed by atoms with van der Waals surface area (Å²) in [6.07, 6.45) is -1.29. The van der Waals surface area contributed by atoms with E-state index in [9.17, 15) is 19.1 Å². The van der Waals surface area contributed by atoms with Gasteiger partial charge in [0.05, 0.1) is 13.2 Å². The third kappa shape index (κ3) is 2.23. The Balaban J connectivity index is 2.01. The average molecular weight is 339 g/mol. The second kappa shape index (κ2) is 5.82. The number of terminal acetylenes is 1. The topological polar surface area (TPSA) is 139 Å².